The molecular formula is C7H11BF3KO2. The molecular weight excluding hydrogens is 223 g/mol. The van der Waals surface area contributed by atoms with Gasteiger partial charge in [-0.15, -0.1) is 0 Å². The smallest absolute Gasteiger partial charge is 0.466 e. The van der Waals surface area contributed by atoms with E-state index in [0.29, 0.717) is 0 Å². The maximum absolute atomic E-state index is 12.3. The quantitative estimate of drug-likeness (QED) is 0.471. The number of esters is 1. The zero-order valence-electron chi connectivity index (χ0n) is 8.52. The van der Waals surface area contributed by atoms with Crippen LogP contribution in [0.15, 0.2) is 0 Å². The second-order valence-corrected chi connectivity index (χ2v) is 3.59. The fourth-order valence-corrected chi connectivity index (χ4v) is 1.34. The molecule has 1 aliphatic rings. The fraction of sp³-hybridized carbons (Fsp3) is 0.857. The molecule has 2 unspecified atom stereocenters. The van der Waals surface area contributed by atoms with Crippen LogP contribution in [0.3, 0.4) is 0 Å². The van der Waals surface area contributed by atoms with Gasteiger partial charge in [0.25, 0.3) is 0 Å². The summed E-state index contributed by atoms with van der Waals surface area (Å²) < 4.78 is 41.5. The van der Waals surface area contributed by atoms with Crippen molar-refractivity contribution in [3.63, 3.8) is 0 Å². The molecule has 0 aromatic rings. The molecule has 14 heavy (non-hydrogen) atoms. The van der Waals surface area contributed by atoms with Gasteiger partial charge in [-0.05, 0) is 6.92 Å². The van der Waals surface area contributed by atoms with E-state index in [2.05, 4.69) is 4.74 Å². The molecule has 76 valence electrons. The van der Waals surface area contributed by atoms with Crippen LogP contribution in [0.4, 0.5) is 12.9 Å². The van der Waals surface area contributed by atoms with Crippen LogP contribution in [0, 0.1) is 5.92 Å². The molecule has 1 rings (SSSR count). The first-order valence-corrected chi connectivity index (χ1v) is 4.19. The Kier molecular flexibility index (Phi) is 5.20. The largest absolute Gasteiger partial charge is 1.00 e. The van der Waals surface area contributed by atoms with Gasteiger partial charge in [0, 0.05) is 5.92 Å². The number of hydrogen-bond acceptors (Lipinski definition) is 2. The summed E-state index contributed by atoms with van der Waals surface area (Å²) in [6.07, 6.45) is -0.116. The van der Waals surface area contributed by atoms with Gasteiger partial charge in [-0.1, -0.05) is 18.7 Å². The SMILES string of the molecule is CCOC(=O)C1CC1(C)[B-](F)(F)F.[K+]. The van der Waals surface area contributed by atoms with E-state index in [1.54, 1.807) is 6.92 Å². The van der Waals surface area contributed by atoms with E-state index in [1.165, 1.54) is 0 Å². The number of rotatable bonds is 3. The van der Waals surface area contributed by atoms with Gasteiger partial charge in [0.15, 0.2) is 0 Å². The maximum Gasteiger partial charge on any atom is 1.00 e. The fourth-order valence-electron chi connectivity index (χ4n) is 1.34. The molecule has 0 spiro atoms. The average Bonchev–Trinajstić information content (AvgIpc) is 2.63. The van der Waals surface area contributed by atoms with Gasteiger partial charge >= 0.3 is 64.3 Å². The summed E-state index contributed by atoms with van der Waals surface area (Å²) in [5, 5.41) is -1.79. The van der Waals surface area contributed by atoms with Gasteiger partial charge in [0.2, 0.25) is 0 Å². The second kappa shape index (κ2) is 4.86. The van der Waals surface area contributed by atoms with Gasteiger partial charge in [-0.2, -0.15) is 0 Å². The van der Waals surface area contributed by atoms with Crippen molar-refractivity contribution in [1.29, 1.82) is 0 Å². The first kappa shape index (κ1) is 15.0. The number of halogens is 3. The van der Waals surface area contributed by atoms with Crippen LogP contribution in [0.5, 0.6) is 0 Å². The Morgan fingerprint density at radius 3 is 2.36 bits per heavy atom. The summed E-state index contributed by atoms with van der Waals surface area (Å²) in [5.74, 6) is -1.68. The Balaban J connectivity index is 0.00000169. The Labute approximate surface area is 123 Å². The molecule has 0 N–H and O–H groups in total. The van der Waals surface area contributed by atoms with Crippen molar-refractivity contribution in [3.8, 4) is 0 Å². The zero-order valence-corrected chi connectivity index (χ0v) is 11.6. The standard InChI is InChI=1S/C7H11BF3O2.K/c1-3-13-6(12)5-4-7(5,2)8(9,10)11;/h5H,3-4H2,1-2H3;/q-1;+1. The van der Waals surface area contributed by atoms with Crippen LogP contribution in [-0.2, 0) is 9.53 Å². The van der Waals surface area contributed by atoms with E-state index >= 15 is 0 Å². The van der Waals surface area contributed by atoms with Crippen LogP contribution in [0.25, 0.3) is 0 Å². The minimum absolute atomic E-state index is 0. The predicted molar refractivity (Wildman–Crippen MR) is 42.2 cm³/mol. The van der Waals surface area contributed by atoms with Crippen LogP contribution in [0.1, 0.15) is 20.3 Å². The molecule has 0 aromatic carbocycles. The summed E-state index contributed by atoms with van der Waals surface area (Å²) >= 11 is 0. The van der Waals surface area contributed by atoms with Gasteiger partial charge in [0.05, 0.1) is 6.61 Å². The summed E-state index contributed by atoms with van der Waals surface area (Å²) in [6.45, 7) is -2.14. The molecule has 0 bridgehead atoms. The normalized spacial score (nSPS) is 30.5. The molecule has 0 heterocycles. The van der Waals surface area contributed by atoms with Crippen LogP contribution in [0.2, 0.25) is 5.31 Å². The first-order chi connectivity index (χ1) is 5.83. The Hall–Kier alpha value is 0.961. The Morgan fingerprint density at radius 2 is 2.07 bits per heavy atom. The molecule has 2 nitrogen and oxygen atoms in total. The predicted octanol–water partition coefficient (Wildman–Crippen LogP) is -0.819. The summed E-state index contributed by atoms with van der Waals surface area (Å²) in [5.41, 5.74) is 0. The van der Waals surface area contributed by atoms with E-state index in [1.807, 2.05) is 0 Å². The minimum atomic E-state index is -4.93. The second-order valence-electron chi connectivity index (χ2n) is 3.59. The van der Waals surface area contributed by atoms with Gasteiger partial charge in [0.1, 0.15) is 0 Å². The number of carbonyl (C=O) groups excluding carboxylic acids is 1. The zero-order chi connectivity index (χ0) is 10.3. The van der Waals surface area contributed by atoms with Crippen molar-refractivity contribution in [2.45, 2.75) is 25.6 Å². The summed E-state index contributed by atoms with van der Waals surface area (Å²) in [6, 6.07) is 0. The minimum Gasteiger partial charge on any atom is -0.466 e. The van der Waals surface area contributed by atoms with Crippen molar-refractivity contribution in [2.24, 2.45) is 5.92 Å². The van der Waals surface area contributed by atoms with Crippen LogP contribution in [-0.4, -0.2) is 19.6 Å². The first-order valence-electron chi connectivity index (χ1n) is 4.19. The molecule has 1 fully saturated rings. The molecule has 7 heteroatoms. The van der Waals surface area contributed by atoms with Crippen molar-refractivity contribution < 1.29 is 73.9 Å². The van der Waals surface area contributed by atoms with Crippen molar-refractivity contribution >= 4 is 12.9 Å². The maximum atomic E-state index is 12.3. The number of ether oxygens (including phenoxy) is 1. The van der Waals surface area contributed by atoms with E-state index in [-0.39, 0.29) is 64.4 Å². The Morgan fingerprint density at radius 1 is 1.57 bits per heavy atom. The van der Waals surface area contributed by atoms with E-state index in [4.69, 9.17) is 0 Å². The van der Waals surface area contributed by atoms with Gasteiger partial charge < -0.3 is 17.7 Å². The van der Waals surface area contributed by atoms with Crippen molar-refractivity contribution in [3.05, 3.63) is 0 Å². The van der Waals surface area contributed by atoms with Crippen molar-refractivity contribution in [2.75, 3.05) is 6.61 Å². The van der Waals surface area contributed by atoms with E-state index < -0.39 is 24.2 Å². The molecule has 0 radical (unpaired) electrons. The molecule has 0 amide bonds. The number of hydrogen-bond donors (Lipinski definition) is 0. The third kappa shape index (κ3) is 2.75. The molecule has 2 atom stereocenters. The van der Waals surface area contributed by atoms with Crippen molar-refractivity contribution in [1.82, 2.24) is 0 Å². The average molecular weight is 234 g/mol. The van der Waals surface area contributed by atoms with Crippen LogP contribution < -0.4 is 51.4 Å². The Bertz CT molecular complexity index is 233. The van der Waals surface area contributed by atoms with Gasteiger partial charge in [-0.3, -0.25) is 4.79 Å². The van der Waals surface area contributed by atoms with Gasteiger partial charge in [-0.25, -0.2) is 0 Å². The molecule has 1 aliphatic carbocycles. The third-order valence-corrected chi connectivity index (χ3v) is 2.60. The van der Waals surface area contributed by atoms with Crippen LogP contribution >= 0.6 is 0 Å². The number of carbonyl (C=O) groups is 1. The summed E-state index contributed by atoms with van der Waals surface area (Å²) in [4.78, 5) is 11.0. The summed E-state index contributed by atoms with van der Waals surface area (Å²) in [7, 11) is 0. The molecule has 0 aromatic heterocycles. The molecule has 1 saturated carbocycles. The van der Waals surface area contributed by atoms with E-state index in [0.717, 1.165) is 6.92 Å². The monoisotopic (exact) mass is 234 g/mol. The third-order valence-electron chi connectivity index (χ3n) is 2.60. The molecule has 0 aliphatic heterocycles. The molecule has 0 saturated heterocycles. The topological polar surface area (TPSA) is 26.3 Å². The van der Waals surface area contributed by atoms with E-state index in [9.17, 15) is 17.7 Å².